The molecule has 1 rings (SSSR count). The van der Waals surface area contributed by atoms with Gasteiger partial charge in [0.25, 0.3) is 6.43 Å². The zero-order valence-corrected chi connectivity index (χ0v) is 9.81. The summed E-state index contributed by atoms with van der Waals surface area (Å²) in [7, 11) is 0. The van der Waals surface area contributed by atoms with E-state index in [1.54, 1.807) is 12.3 Å². The largest absolute Gasteiger partial charge is 0.265 e. The van der Waals surface area contributed by atoms with Gasteiger partial charge in [0.1, 0.15) is 0 Å². The van der Waals surface area contributed by atoms with Crippen LogP contribution in [0.25, 0.3) is 0 Å². The van der Waals surface area contributed by atoms with Crippen molar-refractivity contribution in [2.45, 2.75) is 11.3 Å². The van der Waals surface area contributed by atoms with Gasteiger partial charge in [-0.05, 0) is 18.4 Å². The van der Waals surface area contributed by atoms with Crippen molar-refractivity contribution in [2.24, 2.45) is 0 Å². The maximum Gasteiger partial charge on any atom is 0.265 e. The SMILES string of the molecule is CSc1cc(Br)cc(C(F)F)c1Cl. The van der Waals surface area contributed by atoms with Gasteiger partial charge in [0.15, 0.2) is 0 Å². The van der Waals surface area contributed by atoms with Crippen molar-refractivity contribution in [2.75, 3.05) is 6.26 Å². The molecule has 0 N–H and O–H groups in total. The fourth-order valence-electron chi connectivity index (χ4n) is 0.892. The second kappa shape index (κ2) is 4.62. The Morgan fingerprint density at radius 3 is 2.54 bits per heavy atom. The van der Waals surface area contributed by atoms with Gasteiger partial charge in [-0.2, -0.15) is 0 Å². The number of alkyl halides is 2. The Morgan fingerprint density at radius 1 is 1.46 bits per heavy atom. The van der Waals surface area contributed by atoms with Crippen molar-refractivity contribution in [1.29, 1.82) is 0 Å². The summed E-state index contributed by atoms with van der Waals surface area (Å²) in [5, 5.41) is 0.144. The smallest absolute Gasteiger partial charge is 0.205 e. The quantitative estimate of drug-likeness (QED) is 0.707. The van der Waals surface area contributed by atoms with Gasteiger partial charge in [0.2, 0.25) is 0 Å². The van der Waals surface area contributed by atoms with Crippen LogP contribution in [0.1, 0.15) is 12.0 Å². The molecule has 5 heteroatoms. The molecule has 0 spiro atoms. The van der Waals surface area contributed by atoms with E-state index in [2.05, 4.69) is 15.9 Å². The maximum absolute atomic E-state index is 12.4. The fraction of sp³-hybridized carbons (Fsp3) is 0.250. The first-order valence-electron chi connectivity index (χ1n) is 3.37. The molecule has 0 aliphatic carbocycles. The van der Waals surface area contributed by atoms with Crippen LogP contribution in [-0.2, 0) is 0 Å². The van der Waals surface area contributed by atoms with E-state index in [-0.39, 0.29) is 10.6 Å². The second-order valence-electron chi connectivity index (χ2n) is 2.31. The molecule has 0 amide bonds. The molecule has 0 fully saturated rings. The van der Waals surface area contributed by atoms with E-state index in [4.69, 9.17) is 11.6 Å². The Bertz CT molecular complexity index is 317. The molecule has 0 saturated carbocycles. The van der Waals surface area contributed by atoms with Gasteiger partial charge in [0, 0.05) is 14.9 Å². The monoisotopic (exact) mass is 286 g/mol. The van der Waals surface area contributed by atoms with Crippen LogP contribution in [0.2, 0.25) is 5.02 Å². The minimum Gasteiger partial charge on any atom is -0.205 e. The van der Waals surface area contributed by atoms with E-state index >= 15 is 0 Å². The lowest BCUT2D eigenvalue weighted by molar-refractivity contribution is 0.151. The summed E-state index contributed by atoms with van der Waals surface area (Å²) in [6, 6.07) is 3.06. The van der Waals surface area contributed by atoms with Gasteiger partial charge in [-0.1, -0.05) is 27.5 Å². The predicted molar refractivity (Wildman–Crippen MR) is 55.9 cm³/mol. The molecule has 0 atom stereocenters. The van der Waals surface area contributed by atoms with Crippen molar-refractivity contribution < 1.29 is 8.78 Å². The van der Waals surface area contributed by atoms with Crippen molar-refractivity contribution >= 4 is 39.3 Å². The summed E-state index contributed by atoms with van der Waals surface area (Å²) >= 11 is 10.3. The third-order valence-corrected chi connectivity index (χ3v) is 3.24. The molecule has 0 heterocycles. The van der Waals surface area contributed by atoms with E-state index in [0.29, 0.717) is 9.37 Å². The van der Waals surface area contributed by atoms with Gasteiger partial charge in [-0.25, -0.2) is 8.78 Å². The molecule has 0 nitrogen and oxygen atoms in total. The Kier molecular flexibility index (Phi) is 4.01. The molecule has 0 radical (unpaired) electrons. The third kappa shape index (κ3) is 2.58. The predicted octanol–water partition coefficient (Wildman–Crippen LogP) is 4.76. The zero-order valence-electron chi connectivity index (χ0n) is 6.65. The van der Waals surface area contributed by atoms with Crippen LogP contribution < -0.4 is 0 Å². The number of thioether (sulfide) groups is 1. The van der Waals surface area contributed by atoms with Crippen LogP contribution in [0.5, 0.6) is 0 Å². The molecular weight excluding hydrogens is 282 g/mol. The van der Waals surface area contributed by atoms with Crippen LogP contribution >= 0.6 is 39.3 Å². The summed E-state index contributed by atoms with van der Waals surface area (Å²) in [6.07, 6.45) is -0.737. The Balaban J connectivity index is 3.27. The molecule has 13 heavy (non-hydrogen) atoms. The molecule has 0 unspecified atom stereocenters. The van der Waals surface area contributed by atoms with Crippen molar-refractivity contribution in [3.05, 3.63) is 27.2 Å². The van der Waals surface area contributed by atoms with E-state index in [1.165, 1.54) is 17.8 Å². The Morgan fingerprint density at radius 2 is 2.08 bits per heavy atom. The molecule has 72 valence electrons. The zero-order chi connectivity index (χ0) is 10.0. The standard InChI is InChI=1S/C8H6BrClF2S/c1-13-6-3-4(9)2-5(7(6)10)8(11)12/h2-3,8H,1H3. The van der Waals surface area contributed by atoms with E-state index in [9.17, 15) is 8.78 Å². The van der Waals surface area contributed by atoms with Gasteiger partial charge >= 0.3 is 0 Å². The first-order valence-corrected chi connectivity index (χ1v) is 5.77. The van der Waals surface area contributed by atoms with Crippen LogP contribution in [0, 0.1) is 0 Å². The van der Waals surface area contributed by atoms with E-state index in [1.807, 2.05) is 0 Å². The number of halogens is 4. The summed E-state index contributed by atoms with van der Waals surface area (Å²) < 4.78 is 25.4. The molecule has 0 saturated heterocycles. The molecule has 0 bridgehead atoms. The number of hydrogen-bond acceptors (Lipinski definition) is 1. The Labute approximate surface area is 92.8 Å². The van der Waals surface area contributed by atoms with Crippen molar-refractivity contribution in [3.8, 4) is 0 Å². The van der Waals surface area contributed by atoms with Gasteiger partial charge in [-0.15, -0.1) is 11.8 Å². The number of hydrogen-bond donors (Lipinski definition) is 0. The van der Waals surface area contributed by atoms with Crippen molar-refractivity contribution in [1.82, 2.24) is 0 Å². The number of rotatable bonds is 2. The van der Waals surface area contributed by atoms with Crippen molar-refractivity contribution in [3.63, 3.8) is 0 Å². The van der Waals surface area contributed by atoms with Gasteiger partial charge < -0.3 is 0 Å². The summed E-state index contributed by atoms with van der Waals surface area (Å²) in [4.78, 5) is 0.659. The summed E-state index contributed by atoms with van der Waals surface area (Å²) in [5.41, 5.74) is -0.125. The van der Waals surface area contributed by atoms with Crippen LogP contribution in [0.4, 0.5) is 8.78 Å². The highest BCUT2D eigenvalue weighted by atomic mass is 79.9. The average Bonchev–Trinajstić information content (AvgIpc) is 2.08. The molecule has 1 aromatic rings. The summed E-state index contributed by atoms with van der Waals surface area (Å²) in [6.45, 7) is 0. The lowest BCUT2D eigenvalue weighted by Gasteiger charge is -2.07. The Hall–Kier alpha value is 0.200. The van der Waals surface area contributed by atoms with Crippen LogP contribution in [0.15, 0.2) is 21.5 Å². The highest BCUT2D eigenvalue weighted by Gasteiger charge is 2.15. The minimum absolute atomic E-state index is 0.125. The van der Waals surface area contributed by atoms with Crippen LogP contribution in [0.3, 0.4) is 0 Å². The maximum atomic E-state index is 12.4. The summed E-state index contributed by atoms with van der Waals surface area (Å²) in [5.74, 6) is 0. The first-order chi connectivity index (χ1) is 6.06. The van der Waals surface area contributed by atoms with E-state index in [0.717, 1.165) is 0 Å². The highest BCUT2D eigenvalue weighted by molar-refractivity contribution is 9.10. The van der Waals surface area contributed by atoms with Gasteiger partial charge in [0.05, 0.1) is 5.02 Å². The molecular formula is C8H6BrClF2S. The topological polar surface area (TPSA) is 0 Å². The second-order valence-corrected chi connectivity index (χ2v) is 4.45. The fourth-order valence-corrected chi connectivity index (χ4v) is 2.48. The molecule has 1 aromatic carbocycles. The minimum atomic E-state index is -2.53. The molecule has 0 aromatic heterocycles. The lowest BCUT2D eigenvalue weighted by atomic mass is 10.2. The van der Waals surface area contributed by atoms with E-state index < -0.39 is 6.43 Å². The van der Waals surface area contributed by atoms with Gasteiger partial charge in [-0.3, -0.25) is 0 Å². The third-order valence-electron chi connectivity index (χ3n) is 1.49. The number of benzene rings is 1. The lowest BCUT2D eigenvalue weighted by Crippen LogP contribution is -1.88. The normalized spacial score (nSPS) is 10.9. The average molecular weight is 288 g/mol. The first kappa shape index (κ1) is 11.3. The van der Waals surface area contributed by atoms with Crippen LogP contribution in [-0.4, -0.2) is 6.26 Å². The molecule has 0 aliphatic heterocycles. The highest BCUT2D eigenvalue weighted by Crippen LogP contribution is 2.36. The molecule has 0 aliphatic rings.